The van der Waals surface area contributed by atoms with Crippen molar-refractivity contribution in [2.45, 2.75) is 11.7 Å². The van der Waals surface area contributed by atoms with Gasteiger partial charge in [0.1, 0.15) is 6.10 Å². The Bertz CT molecular complexity index is 954. The fourth-order valence-electron chi connectivity index (χ4n) is 3.47. The van der Waals surface area contributed by atoms with Gasteiger partial charge in [0.05, 0.1) is 18.4 Å². The number of hydrogen-bond acceptors (Lipinski definition) is 4. The summed E-state index contributed by atoms with van der Waals surface area (Å²) >= 11 is 6.21. The number of anilines is 1. The highest BCUT2D eigenvalue weighted by Gasteiger charge is 2.71. The topological polar surface area (TPSA) is 59.1 Å². The molecule has 1 unspecified atom stereocenters. The van der Waals surface area contributed by atoms with E-state index in [1.807, 2.05) is 30.3 Å². The van der Waals surface area contributed by atoms with Crippen LogP contribution < -0.4 is 4.90 Å². The Morgan fingerprint density at radius 2 is 1.92 bits per heavy atom. The van der Waals surface area contributed by atoms with Crippen LogP contribution in [0.5, 0.6) is 0 Å². The van der Waals surface area contributed by atoms with E-state index < -0.39 is 17.7 Å². The van der Waals surface area contributed by atoms with Crippen molar-refractivity contribution in [1.82, 2.24) is 0 Å². The predicted molar refractivity (Wildman–Crippen MR) is 97.8 cm³/mol. The second-order valence-electron chi connectivity index (χ2n) is 6.23. The molecule has 1 amide bonds. The highest BCUT2D eigenvalue weighted by molar-refractivity contribution is 6.32. The van der Waals surface area contributed by atoms with E-state index in [-0.39, 0.29) is 11.5 Å². The summed E-state index contributed by atoms with van der Waals surface area (Å²) in [6, 6.07) is 14.6. The van der Waals surface area contributed by atoms with Crippen molar-refractivity contribution in [3.63, 3.8) is 0 Å². The number of amides is 1. The summed E-state index contributed by atoms with van der Waals surface area (Å²) in [6.07, 6.45) is 0.909. The molecule has 0 aliphatic carbocycles. The molecule has 0 N–H and O–H groups in total. The third-order valence-electron chi connectivity index (χ3n) is 4.82. The van der Waals surface area contributed by atoms with Gasteiger partial charge in [0, 0.05) is 17.6 Å². The number of rotatable bonds is 3. The summed E-state index contributed by atoms with van der Waals surface area (Å²) in [5, 5.41) is 0.499. The molecular weight excluding hydrogens is 354 g/mol. The molecule has 0 aromatic heterocycles. The van der Waals surface area contributed by atoms with Gasteiger partial charge < -0.3 is 14.4 Å². The van der Waals surface area contributed by atoms with Gasteiger partial charge >= 0.3 is 5.97 Å². The molecule has 26 heavy (non-hydrogen) atoms. The summed E-state index contributed by atoms with van der Waals surface area (Å²) in [6.45, 7) is 0. The number of fused-ring (bicyclic) bond motifs is 2. The molecule has 2 aromatic carbocycles. The normalized spacial score (nSPS) is 24.0. The van der Waals surface area contributed by atoms with Gasteiger partial charge in [-0.05, 0) is 23.8 Å². The molecule has 2 atom stereocenters. The SMILES string of the molecule is COC(=O)/C(=C/c1ccccc1Cl)[C@H]1OC12C(=O)N(C)c1ccccc12. The zero-order chi connectivity index (χ0) is 18.5. The first-order chi connectivity index (χ1) is 12.5. The standard InChI is InChI=1S/C20H16ClNO4/c1-22-16-10-6-4-8-14(16)20(19(22)24)17(26-20)13(18(23)25-2)11-12-7-3-5-9-15(12)21/h3-11,17H,1-2H3/b13-11+/t17-,20?/m1/s1. The number of halogens is 1. The van der Waals surface area contributed by atoms with Crippen molar-refractivity contribution in [3.8, 4) is 0 Å². The summed E-state index contributed by atoms with van der Waals surface area (Å²) in [7, 11) is 3.00. The van der Waals surface area contributed by atoms with Crippen molar-refractivity contribution >= 4 is 35.2 Å². The zero-order valence-corrected chi connectivity index (χ0v) is 15.0. The van der Waals surface area contributed by atoms with Gasteiger partial charge in [-0.1, -0.05) is 48.0 Å². The number of hydrogen-bond donors (Lipinski definition) is 0. The van der Waals surface area contributed by atoms with Crippen LogP contribution in [0.1, 0.15) is 11.1 Å². The highest BCUT2D eigenvalue weighted by Crippen LogP contribution is 2.58. The van der Waals surface area contributed by atoms with Crippen molar-refractivity contribution in [2.75, 3.05) is 19.1 Å². The smallest absolute Gasteiger partial charge is 0.336 e. The quantitative estimate of drug-likeness (QED) is 0.473. The minimum atomic E-state index is -1.17. The molecule has 0 saturated carbocycles. The Morgan fingerprint density at radius 3 is 2.65 bits per heavy atom. The second kappa shape index (κ2) is 5.97. The molecule has 1 fully saturated rings. The first-order valence-electron chi connectivity index (χ1n) is 8.10. The summed E-state index contributed by atoms with van der Waals surface area (Å²) < 4.78 is 10.8. The van der Waals surface area contributed by atoms with Crippen molar-refractivity contribution in [3.05, 3.63) is 70.3 Å². The van der Waals surface area contributed by atoms with E-state index in [1.54, 1.807) is 36.2 Å². The molecular formula is C20H16ClNO4. The molecule has 4 rings (SSSR count). The lowest BCUT2D eigenvalue weighted by Crippen LogP contribution is -2.32. The largest absolute Gasteiger partial charge is 0.466 e. The lowest BCUT2D eigenvalue weighted by molar-refractivity contribution is -0.136. The number of likely N-dealkylation sites (N-methyl/N-ethyl adjacent to an activating group) is 1. The van der Waals surface area contributed by atoms with Crippen LogP contribution in [0.25, 0.3) is 6.08 Å². The Labute approximate surface area is 155 Å². The second-order valence-corrected chi connectivity index (χ2v) is 6.63. The number of nitrogens with zero attached hydrogens (tertiary/aromatic N) is 1. The minimum absolute atomic E-state index is 0.197. The molecule has 0 bridgehead atoms. The van der Waals surface area contributed by atoms with Gasteiger partial charge in [0.2, 0.25) is 5.60 Å². The first-order valence-corrected chi connectivity index (χ1v) is 8.48. The minimum Gasteiger partial charge on any atom is -0.466 e. The maximum absolute atomic E-state index is 12.9. The van der Waals surface area contributed by atoms with E-state index in [2.05, 4.69) is 0 Å². The zero-order valence-electron chi connectivity index (χ0n) is 14.2. The fourth-order valence-corrected chi connectivity index (χ4v) is 3.67. The van der Waals surface area contributed by atoms with Crippen molar-refractivity contribution in [1.29, 1.82) is 0 Å². The molecule has 2 aromatic rings. The van der Waals surface area contributed by atoms with E-state index in [9.17, 15) is 9.59 Å². The Balaban J connectivity index is 1.80. The molecule has 2 aliphatic heterocycles. The third-order valence-corrected chi connectivity index (χ3v) is 5.17. The Morgan fingerprint density at radius 1 is 1.23 bits per heavy atom. The number of methoxy groups -OCH3 is 1. The monoisotopic (exact) mass is 369 g/mol. The van der Waals surface area contributed by atoms with E-state index in [1.165, 1.54) is 7.11 Å². The summed E-state index contributed by atoms with van der Waals surface area (Å²) in [5.41, 5.74) is 1.28. The van der Waals surface area contributed by atoms with E-state index >= 15 is 0 Å². The third kappa shape index (κ3) is 2.28. The number of epoxide rings is 1. The number of para-hydroxylation sites is 1. The van der Waals surface area contributed by atoms with Crippen molar-refractivity contribution in [2.24, 2.45) is 0 Å². The molecule has 6 heteroatoms. The molecule has 5 nitrogen and oxygen atoms in total. The number of benzene rings is 2. The summed E-state index contributed by atoms with van der Waals surface area (Å²) in [5.74, 6) is -0.746. The first kappa shape index (κ1) is 16.8. The average Bonchev–Trinajstić information content (AvgIpc) is 3.37. The van der Waals surface area contributed by atoms with Crippen LogP contribution >= 0.6 is 11.6 Å². The fraction of sp³-hybridized carbons (Fsp3) is 0.200. The van der Waals surface area contributed by atoms with Crippen LogP contribution in [-0.2, 0) is 24.7 Å². The van der Waals surface area contributed by atoms with Crippen LogP contribution in [0.4, 0.5) is 5.69 Å². The molecule has 1 spiro atoms. The van der Waals surface area contributed by atoms with Gasteiger partial charge in [0.25, 0.3) is 5.91 Å². The van der Waals surface area contributed by atoms with Gasteiger partial charge in [0.15, 0.2) is 0 Å². The van der Waals surface area contributed by atoms with Crippen LogP contribution in [0.3, 0.4) is 0 Å². The lowest BCUT2D eigenvalue weighted by Gasteiger charge is -2.09. The molecule has 2 heterocycles. The van der Waals surface area contributed by atoms with Crippen LogP contribution in [0, 0.1) is 0 Å². The predicted octanol–water partition coefficient (Wildman–Crippen LogP) is 3.17. The molecule has 1 saturated heterocycles. The van der Waals surface area contributed by atoms with Gasteiger partial charge in [-0.25, -0.2) is 4.79 Å². The molecule has 0 radical (unpaired) electrons. The number of carbonyl (C=O) groups is 2. The molecule has 2 aliphatic rings. The van der Waals surface area contributed by atoms with Crippen LogP contribution in [0.2, 0.25) is 5.02 Å². The van der Waals surface area contributed by atoms with Crippen LogP contribution in [0.15, 0.2) is 54.1 Å². The number of esters is 1. The van der Waals surface area contributed by atoms with Gasteiger partial charge in [-0.3, -0.25) is 4.79 Å². The van der Waals surface area contributed by atoms with E-state index in [0.29, 0.717) is 10.6 Å². The average molecular weight is 370 g/mol. The van der Waals surface area contributed by atoms with Gasteiger partial charge in [-0.15, -0.1) is 0 Å². The maximum Gasteiger partial charge on any atom is 0.336 e. The van der Waals surface area contributed by atoms with Crippen molar-refractivity contribution < 1.29 is 19.1 Å². The highest BCUT2D eigenvalue weighted by atomic mass is 35.5. The van der Waals surface area contributed by atoms with Gasteiger partial charge in [-0.2, -0.15) is 0 Å². The maximum atomic E-state index is 12.9. The Hall–Kier alpha value is -2.63. The van der Waals surface area contributed by atoms with E-state index in [4.69, 9.17) is 21.1 Å². The van der Waals surface area contributed by atoms with Crippen LogP contribution in [-0.4, -0.2) is 32.1 Å². The van der Waals surface area contributed by atoms with E-state index in [0.717, 1.165) is 11.3 Å². The Kier molecular flexibility index (Phi) is 3.86. The summed E-state index contributed by atoms with van der Waals surface area (Å²) in [4.78, 5) is 26.9. The molecule has 132 valence electrons. The lowest BCUT2D eigenvalue weighted by atomic mass is 9.92. The number of ether oxygens (including phenoxy) is 2. The number of carbonyl (C=O) groups excluding carboxylic acids is 2.